The van der Waals surface area contributed by atoms with Gasteiger partial charge in [0.15, 0.2) is 10.1 Å². The van der Waals surface area contributed by atoms with Crippen LogP contribution in [0.25, 0.3) is 10.2 Å². The average molecular weight is 408 g/mol. The summed E-state index contributed by atoms with van der Waals surface area (Å²) in [7, 11) is 0. The highest BCUT2D eigenvalue weighted by atomic mass is 35.5. The lowest BCUT2D eigenvalue weighted by molar-refractivity contribution is 0.0987. The summed E-state index contributed by atoms with van der Waals surface area (Å²) in [6.07, 6.45) is -0.138. The van der Waals surface area contributed by atoms with Gasteiger partial charge in [0, 0.05) is 22.8 Å². The van der Waals surface area contributed by atoms with E-state index in [-0.39, 0.29) is 12.4 Å². The van der Waals surface area contributed by atoms with Crippen molar-refractivity contribution in [3.05, 3.63) is 53.1 Å². The fourth-order valence-corrected chi connectivity index (χ4v) is 4.44. The van der Waals surface area contributed by atoms with Gasteiger partial charge in [-0.15, -0.1) is 11.3 Å². The Morgan fingerprint density at radius 3 is 2.81 bits per heavy atom. The van der Waals surface area contributed by atoms with Gasteiger partial charge in [-0.3, -0.25) is 4.79 Å². The molecule has 4 nitrogen and oxygen atoms in total. The van der Waals surface area contributed by atoms with Crippen molar-refractivity contribution in [1.29, 1.82) is 0 Å². The van der Waals surface area contributed by atoms with Crippen molar-refractivity contribution in [3.8, 4) is 5.75 Å². The van der Waals surface area contributed by atoms with E-state index >= 15 is 0 Å². The Balaban J connectivity index is 1.49. The molecule has 1 N–H and O–H groups in total. The van der Waals surface area contributed by atoms with Crippen LogP contribution in [0.2, 0.25) is 5.02 Å². The first kappa shape index (κ1) is 19.2. The number of ether oxygens (including phenoxy) is 1. The number of rotatable bonds is 8. The molecule has 7 heteroatoms. The second-order valence-electron chi connectivity index (χ2n) is 5.67. The Bertz CT molecular complexity index is 895. The molecule has 0 spiro atoms. The lowest BCUT2D eigenvalue weighted by Gasteiger charge is -2.11. The molecular formula is C19H18ClNO3S2. The van der Waals surface area contributed by atoms with Gasteiger partial charge in [0.2, 0.25) is 0 Å². The number of carbonyl (C=O) groups is 1. The van der Waals surface area contributed by atoms with Crippen molar-refractivity contribution >= 4 is 50.7 Å². The molecule has 3 aromatic rings. The number of ketones is 1. The number of benzene rings is 2. The number of aromatic nitrogens is 1. The number of hydrogen-bond donors (Lipinski definition) is 1. The molecule has 1 aromatic heterocycles. The van der Waals surface area contributed by atoms with Gasteiger partial charge in [-0.2, -0.15) is 0 Å². The summed E-state index contributed by atoms with van der Waals surface area (Å²) in [6.45, 7) is 2.02. The molecule has 0 unspecified atom stereocenters. The smallest absolute Gasteiger partial charge is 0.162 e. The first-order chi connectivity index (χ1) is 12.5. The number of hydrogen-bond acceptors (Lipinski definition) is 6. The molecule has 26 heavy (non-hydrogen) atoms. The molecule has 0 saturated heterocycles. The van der Waals surface area contributed by atoms with Gasteiger partial charge in [-0.25, -0.2) is 4.98 Å². The van der Waals surface area contributed by atoms with Gasteiger partial charge in [0.05, 0.1) is 16.3 Å². The molecule has 0 radical (unpaired) electrons. The predicted molar refractivity (Wildman–Crippen MR) is 108 cm³/mol. The molecule has 1 atom stereocenters. The van der Waals surface area contributed by atoms with E-state index in [1.165, 1.54) is 11.8 Å². The van der Waals surface area contributed by atoms with Crippen LogP contribution < -0.4 is 4.74 Å². The molecule has 0 aliphatic carbocycles. The first-order valence-electron chi connectivity index (χ1n) is 8.18. The number of thioether (sulfide) groups is 1. The number of fused-ring (bicyclic) bond motifs is 1. The third-order valence-corrected chi connectivity index (χ3v) is 6.23. The summed E-state index contributed by atoms with van der Waals surface area (Å²) in [5, 5.41) is 10.8. The molecule has 0 aliphatic heterocycles. The van der Waals surface area contributed by atoms with Crippen molar-refractivity contribution < 1.29 is 14.6 Å². The van der Waals surface area contributed by atoms with Gasteiger partial charge < -0.3 is 9.84 Å². The third-order valence-electron chi connectivity index (χ3n) is 3.67. The number of carbonyl (C=O) groups excluding carboxylic acids is 1. The number of thiazole rings is 1. The minimum atomic E-state index is -0.618. The van der Waals surface area contributed by atoms with E-state index in [9.17, 15) is 9.90 Å². The van der Waals surface area contributed by atoms with Gasteiger partial charge in [0.1, 0.15) is 12.4 Å². The lowest BCUT2D eigenvalue weighted by Crippen LogP contribution is -2.20. The SMILES string of the molecule is CCC(=O)c1ccc(OC[C@@H](O)CSc2nc3cc(Cl)ccc3s2)cc1. The van der Waals surface area contributed by atoms with Crippen molar-refractivity contribution in [1.82, 2.24) is 4.98 Å². The minimum Gasteiger partial charge on any atom is -0.491 e. The zero-order chi connectivity index (χ0) is 18.5. The van der Waals surface area contributed by atoms with Crippen LogP contribution in [0.3, 0.4) is 0 Å². The molecule has 136 valence electrons. The summed E-state index contributed by atoms with van der Waals surface area (Å²) >= 11 is 9.05. The molecule has 1 heterocycles. The van der Waals surface area contributed by atoms with E-state index in [1.807, 2.05) is 25.1 Å². The molecular weight excluding hydrogens is 390 g/mol. The maximum Gasteiger partial charge on any atom is 0.162 e. The number of nitrogens with zero attached hydrogens (tertiary/aromatic N) is 1. The molecule has 0 saturated carbocycles. The molecule has 0 amide bonds. The normalized spacial score (nSPS) is 12.3. The van der Waals surface area contributed by atoms with E-state index in [1.54, 1.807) is 35.6 Å². The molecule has 0 bridgehead atoms. The zero-order valence-electron chi connectivity index (χ0n) is 14.1. The van der Waals surface area contributed by atoms with E-state index in [0.29, 0.717) is 28.5 Å². The summed E-state index contributed by atoms with van der Waals surface area (Å²) in [5.41, 5.74) is 1.55. The fourth-order valence-electron chi connectivity index (χ4n) is 2.29. The topological polar surface area (TPSA) is 59.4 Å². The third kappa shape index (κ3) is 4.98. The van der Waals surface area contributed by atoms with E-state index < -0.39 is 6.10 Å². The molecule has 0 fully saturated rings. The van der Waals surface area contributed by atoms with Crippen LogP contribution in [0.15, 0.2) is 46.8 Å². The number of aliphatic hydroxyl groups is 1. The summed E-state index contributed by atoms with van der Waals surface area (Å²) in [6, 6.07) is 12.6. The van der Waals surface area contributed by atoms with Crippen LogP contribution in [0.4, 0.5) is 0 Å². The molecule has 2 aromatic carbocycles. The monoisotopic (exact) mass is 407 g/mol. The largest absolute Gasteiger partial charge is 0.491 e. The van der Waals surface area contributed by atoms with E-state index in [0.717, 1.165) is 14.6 Å². The van der Waals surface area contributed by atoms with Crippen LogP contribution >= 0.6 is 34.7 Å². The van der Waals surface area contributed by atoms with Crippen molar-refractivity contribution in [2.45, 2.75) is 23.8 Å². The summed E-state index contributed by atoms with van der Waals surface area (Å²) < 4.78 is 7.56. The molecule has 0 aliphatic rings. The number of Topliss-reactive ketones (excluding diaryl/α,β-unsaturated/α-hetero) is 1. The van der Waals surface area contributed by atoms with Gasteiger partial charge in [-0.1, -0.05) is 30.3 Å². The first-order valence-corrected chi connectivity index (χ1v) is 10.4. The summed E-state index contributed by atoms with van der Waals surface area (Å²) in [5.74, 6) is 1.22. The van der Waals surface area contributed by atoms with Crippen LogP contribution in [-0.2, 0) is 0 Å². The Morgan fingerprint density at radius 2 is 2.08 bits per heavy atom. The fraction of sp³-hybridized carbons (Fsp3) is 0.263. The van der Waals surface area contributed by atoms with Crippen molar-refractivity contribution in [3.63, 3.8) is 0 Å². The minimum absolute atomic E-state index is 0.102. The highest BCUT2D eigenvalue weighted by molar-refractivity contribution is 8.01. The summed E-state index contributed by atoms with van der Waals surface area (Å²) in [4.78, 5) is 16.1. The highest BCUT2D eigenvalue weighted by Crippen LogP contribution is 2.31. The Morgan fingerprint density at radius 1 is 1.31 bits per heavy atom. The zero-order valence-corrected chi connectivity index (χ0v) is 16.5. The number of halogens is 1. The van der Waals surface area contributed by atoms with Crippen LogP contribution in [0.5, 0.6) is 5.75 Å². The maximum atomic E-state index is 11.6. The Kier molecular flexibility index (Phi) is 6.53. The second kappa shape index (κ2) is 8.86. The van der Waals surface area contributed by atoms with Gasteiger partial charge in [-0.05, 0) is 42.5 Å². The van der Waals surface area contributed by atoms with Crippen molar-refractivity contribution in [2.24, 2.45) is 0 Å². The van der Waals surface area contributed by atoms with Crippen LogP contribution in [0, 0.1) is 0 Å². The second-order valence-corrected chi connectivity index (χ2v) is 8.40. The average Bonchev–Trinajstić information content (AvgIpc) is 3.06. The van der Waals surface area contributed by atoms with Gasteiger partial charge >= 0.3 is 0 Å². The van der Waals surface area contributed by atoms with Crippen LogP contribution in [0.1, 0.15) is 23.7 Å². The standard InChI is InChI=1S/C19H18ClNO3S2/c1-2-17(23)12-3-6-15(7-4-12)24-10-14(22)11-25-19-21-16-9-13(20)5-8-18(16)26-19/h3-9,14,22H,2,10-11H2,1H3/t14-/m1/s1. The lowest BCUT2D eigenvalue weighted by atomic mass is 10.1. The van der Waals surface area contributed by atoms with E-state index in [2.05, 4.69) is 4.98 Å². The Labute approximate surface area is 165 Å². The number of aliphatic hydroxyl groups excluding tert-OH is 1. The van der Waals surface area contributed by atoms with Crippen LogP contribution in [-0.4, -0.2) is 34.3 Å². The molecule has 3 rings (SSSR count). The van der Waals surface area contributed by atoms with E-state index in [4.69, 9.17) is 16.3 Å². The van der Waals surface area contributed by atoms with Gasteiger partial charge in [0.25, 0.3) is 0 Å². The Hall–Kier alpha value is -1.60. The van der Waals surface area contributed by atoms with Crippen molar-refractivity contribution in [2.75, 3.05) is 12.4 Å². The highest BCUT2D eigenvalue weighted by Gasteiger charge is 2.10. The predicted octanol–water partition coefficient (Wildman–Crippen LogP) is 5.07. The quantitative estimate of drug-likeness (QED) is 0.417. The maximum absolute atomic E-state index is 11.6.